The summed E-state index contributed by atoms with van der Waals surface area (Å²) in [6.07, 6.45) is 4.41. The van der Waals surface area contributed by atoms with Crippen LogP contribution in [0.1, 0.15) is 46.0 Å². The molecule has 1 saturated heterocycles. The van der Waals surface area contributed by atoms with E-state index in [-0.39, 0.29) is 36.4 Å². The number of aliphatic hydroxyl groups excluding tert-OH is 1. The van der Waals surface area contributed by atoms with Gasteiger partial charge in [0.15, 0.2) is 0 Å². The molecule has 0 aromatic rings. The number of rotatable bonds is 1. The molecular weight excluding hydrogens is 244 g/mol. The smallest absolute Gasteiger partial charge is 0.315 e. The molecule has 2 N–H and O–H groups in total. The summed E-state index contributed by atoms with van der Waals surface area (Å²) in [6.45, 7) is 4.39. The quantitative estimate of drug-likeness (QED) is 0.707. The van der Waals surface area contributed by atoms with Crippen LogP contribution in [-0.2, 0) is 9.53 Å². The van der Waals surface area contributed by atoms with Gasteiger partial charge in [-0.15, -0.1) is 0 Å². The molecule has 3 aliphatic rings. The van der Waals surface area contributed by atoms with Gasteiger partial charge in [-0.1, -0.05) is 20.3 Å². The Labute approximate surface area is 114 Å². The van der Waals surface area contributed by atoms with E-state index >= 15 is 0 Å². The second-order valence-corrected chi connectivity index (χ2v) is 7.32. The van der Waals surface area contributed by atoms with E-state index in [1.807, 2.05) is 0 Å². The Hall–Kier alpha value is -0.610. The van der Waals surface area contributed by atoms with Gasteiger partial charge in [0.25, 0.3) is 0 Å². The average Bonchev–Trinajstić information content (AvgIpc) is 2.61. The summed E-state index contributed by atoms with van der Waals surface area (Å²) < 4.78 is 5.29. The first-order valence-corrected chi connectivity index (χ1v) is 7.39. The van der Waals surface area contributed by atoms with Gasteiger partial charge in [0.1, 0.15) is 17.6 Å². The highest BCUT2D eigenvalue weighted by molar-refractivity contribution is 5.82. The maximum atomic E-state index is 12.5. The number of cyclic esters (lactones) is 1. The first-order chi connectivity index (χ1) is 8.88. The van der Waals surface area contributed by atoms with E-state index in [1.54, 1.807) is 0 Å². The molecule has 4 heteroatoms. The van der Waals surface area contributed by atoms with Gasteiger partial charge in [0.2, 0.25) is 0 Å². The first kappa shape index (κ1) is 13.4. The largest absolute Gasteiger partial charge is 0.462 e. The number of aliphatic hydroxyl groups is 2. The summed E-state index contributed by atoms with van der Waals surface area (Å²) in [4.78, 5) is 12.5. The summed E-state index contributed by atoms with van der Waals surface area (Å²) in [5, 5.41) is 20.7. The van der Waals surface area contributed by atoms with Crippen molar-refractivity contribution in [1.82, 2.24) is 0 Å². The van der Waals surface area contributed by atoms with Gasteiger partial charge in [-0.05, 0) is 37.0 Å². The van der Waals surface area contributed by atoms with Crippen LogP contribution in [-0.4, -0.2) is 35.0 Å². The highest BCUT2D eigenvalue weighted by Crippen LogP contribution is 2.65. The number of carbonyl (C=O) groups excluding carboxylic acids is 1. The normalized spacial score (nSPS) is 48.3. The molecule has 2 saturated carbocycles. The molecule has 3 fully saturated rings. The van der Waals surface area contributed by atoms with Gasteiger partial charge >= 0.3 is 5.97 Å². The van der Waals surface area contributed by atoms with Gasteiger partial charge in [0, 0.05) is 12.5 Å². The van der Waals surface area contributed by atoms with E-state index in [2.05, 4.69) is 13.8 Å². The Kier molecular flexibility index (Phi) is 2.78. The van der Waals surface area contributed by atoms with E-state index in [0.717, 1.165) is 25.7 Å². The Balaban J connectivity index is 2.12. The minimum atomic E-state index is -1.17. The molecule has 4 nitrogen and oxygen atoms in total. The Morgan fingerprint density at radius 1 is 1.32 bits per heavy atom. The molecule has 0 amide bonds. The van der Waals surface area contributed by atoms with Crippen LogP contribution in [0.4, 0.5) is 0 Å². The van der Waals surface area contributed by atoms with Gasteiger partial charge in [-0.2, -0.15) is 0 Å². The second kappa shape index (κ2) is 3.95. The van der Waals surface area contributed by atoms with E-state index in [1.165, 1.54) is 0 Å². The average molecular weight is 268 g/mol. The van der Waals surface area contributed by atoms with Crippen molar-refractivity contribution in [3.05, 3.63) is 0 Å². The molecule has 3 rings (SSSR count). The van der Waals surface area contributed by atoms with Gasteiger partial charge in [-0.25, -0.2) is 0 Å². The molecule has 1 aliphatic heterocycles. The van der Waals surface area contributed by atoms with Gasteiger partial charge in [0.05, 0.1) is 0 Å². The molecule has 0 bridgehead atoms. The molecule has 1 spiro atoms. The number of carbonyl (C=O) groups is 1. The van der Waals surface area contributed by atoms with E-state index in [9.17, 15) is 15.0 Å². The number of hydrogen-bond donors (Lipinski definition) is 2. The molecule has 1 heterocycles. The van der Waals surface area contributed by atoms with Crippen LogP contribution in [0.3, 0.4) is 0 Å². The molecule has 108 valence electrons. The van der Waals surface area contributed by atoms with E-state index < -0.39 is 11.0 Å². The Morgan fingerprint density at radius 3 is 2.74 bits per heavy atom. The zero-order valence-corrected chi connectivity index (χ0v) is 11.8. The fraction of sp³-hybridized carbons (Fsp3) is 0.933. The van der Waals surface area contributed by atoms with Crippen molar-refractivity contribution >= 4 is 5.97 Å². The molecule has 0 unspecified atom stereocenters. The van der Waals surface area contributed by atoms with Crippen LogP contribution in [0, 0.1) is 22.7 Å². The van der Waals surface area contributed by atoms with Crippen LogP contribution in [0.5, 0.6) is 0 Å². The topological polar surface area (TPSA) is 66.8 Å². The van der Waals surface area contributed by atoms with Gasteiger partial charge in [-0.3, -0.25) is 4.79 Å². The van der Waals surface area contributed by atoms with Crippen molar-refractivity contribution < 1.29 is 19.7 Å². The van der Waals surface area contributed by atoms with Crippen molar-refractivity contribution in [2.24, 2.45) is 22.7 Å². The number of hydrogen-bond acceptors (Lipinski definition) is 4. The molecule has 4 atom stereocenters. The third-order valence-electron chi connectivity index (χ3n) is 6.19. The molecule has 0 aromatic heterocycles. The third kappa shape index (κ3) is 1.44. The van der Waals surface area contributed by atoms with E-state index in [0.29, 0.717) is 6.42 Å². The predicted molar refractivity (Wildman–Crippen MR) is 69.3 cm³/mol. The standard InChI is InChI=1S/C15H24O4/c1-13(2)6-3-7-14-11(13)5-4-10(8-16)15(14,18)9-19-12(14)17/h10-11,16,18H,3-9H2,1-2H3/t10-,11+,14+,15+/m1/s1. The van der Waals surface area contributed by atoms with Crippen LogP contribution < -0.4 is 0 Å². The summed E-state index contributed by atoms with van der Waals surface area (Å²) in [7, 11) is 0. The third-order valence-corrected chi connectivity index (χ3v) is 6.19. The second-order valence-electron chi connectivity index (χ2n) is 7.32. The first-order valence-electron chi connectivity index (χ1n) is 7.39. The summed E-state index contributed by atoms with van der Waals surface area (Å²) in [6, 6.07) is 0. The van der Waals surface area contributed by atoms with E-state index in [4.69, 9.17) is 4.74 Å². The zero-order valence-electron chi connectivity index (χ0n) is 11.8. The number of esters is 1. The monoisotopic (exact) mass is 268 g/mol. The summed E-state index contributed by atoms with van der Waals surface area (Å²) >= 11 is 0. The highest BCUT2D eigenvalue weighted by Gasteiger charge is 2.72. The minimum Gasteiger partial charge on any atom is -0.462 e. The maximum absolute atomic E-state index is 12.5. The highest BCUT2D eigenvalue weighted by atomic mass is 16.6. The van der Waals surface area contributed by atoms with Crippen molar-refractivity contribution in [2.75, 3.05) is 13.2 Å². The van der Waals surface area contributed by atoms with Crippen molar-refractivity contribution in [3.63, 3.8) is 0 Å². The van der Waals surface area contributed by atoms with Crippen LogP contribution in [0.25, 0.3) is 0 Å². The fourth-order valence-corrected chi connectivity index (χ4v) is 5.18. The Morgan fingerprint density at radius 2 is 2.05 bits per heavy atom. The molecule has 19 heavy (non-hydrogen) atoms. The molecular formula is C15H24O4. The lowest BCUT2D eigenvalue weighted by Crippen LogP contribution is -2.65. The molecule has 0 aromatic carbocycles. The van der Waals surface area contributed by atoms with Crippen molar-refractivity contribution in [3.8, 4) is 0 Å². The molecule has 0 radical (unpaired) electrons. The zero-order chi connectivity index (χ0) is 13.9. The van der Waals surface area contributed by atoms with Crippen LogP contribution in [0.15, 0.2) is 0 Å². The lowest BCUT2D eigenvalue weighted by Gasteiger charge is -2.58. The van der Waals surface area contributed by atoms with Crippen LogP contribution >= 0.6 is 0 Å². The SMILES string of the molecule is CC1(C)CCC[C@]23C(=O)OC[C@]2(O)[C@@H](CO)CC[C@@H]13. The van der Waals surface area contributed by atoms with Crippen molar-refractivity contribution in [2.45, 2.75) is 51.6 Å². The maximum Gasteiger partial charge on any atom is 0.315 e. The molecule has 2 aliphatic carbocycles. The predicted octanol–water partition coefficient (Wildman–Crippen LogP) is 1.49. The van der Waals surface area contributed by atoms with Gasteiger partial charge < -0.3 is 14.9 Å². The number of ether oxygens (including phenoxy) is 1. The lowest BCUT2D eigenvalue weighted by molar-refractivity contribution is -0.202. The summed E-state index contributed by atoms with van der Waals surface area (Å²) in [5.74, 6) is -0.299. The Bertz CT molecular complexity index is 405. The minimum absolute atomic E-state index is 0.0516. The lowest BCUT2D eigenvalue weighted by atomic mass is 9.45. The summed E-state index contributed by atoms with van der Waals surface area (Å²) in [5.41, 5.74) is -1.89. The van der Waals surface area contributed by atoms with Crippen molar-refractivity contribution in [1.29, 1.82) is 0 Å². The van der Waals surface area contributed by atoms with Crippen LogP contribution in [0.2, 0.25) is 0 Å². The fourth-order valence-electron chi connectivity index (χ4n) is 5.18.